The lowest BCUT2D eigenvalue weighted by molar-refractivity contribution is 0.174. The molecule has 116 valence electrons. The number of sulfone groups is 1. The summed E-state index contributed by atoms with van der Waals surface area (Å²) >= 11 is 6.10. The van der Waals surface area contributed by atoms with Crippen LogP contribution in [0, 0.1) is 0 Å². The van der Waals surface area contributed by atoms with Crippen LogP contribution in [-0.4, -0.2) is 21.5 Å². The number of benzene rings is 2. The van der Waals surface area contributed by atoms with E-state index >= 15 is 0 Å². The minimum absolute atomic E-state index is 0.149. The largest absolute Gasteiger partial charge is 0.489 e. The van der Waals surface area contributed by atoms with Crippen molar-refractivity contribution in [3.8, 4) is 17.2 Å². The number of rotatable bonds is 4. The molecular formula is C15H13ClO5S. The minimum Gasteiger partial charge on any atom is -0.489 e. The molecule has 0 fully saturated rings. The summed E-state index contributed by atoms with van der Waals surface area (Å²) in [5.41, 5.74) is 0.805. The monoisotopic (exact) mass is 340 g/mol. The van der Waals surface area contributed by atoms with Crippen LogP contribution < -0.4 is 14.2 Å². The van der Waals surface area contributed by atoms with Gasteiger partial charge in [-0.25, -0.2) is 8.42 Å². The summed E-state index contributed by atoms with van der Waals surface area (Å²) in [6.07, 6.45) is 1.16. The fourth-order valence-electron chi connectivity index (χ4n) is 2.07. The Hall–Kier alpha value is -1.92. The standard InChI is InChI=1S/C15H13ClO5S/c1-22(17,18)12-4-2-3-11(7-12)19-8-10-5-13(16)15-14(6-10)20-9-21-15/h2-7H,8-9H2,1H3. The zero-order valence-corrected chi connectivity index (χ0v) is 13.3. The van der Waals surface area contributed by atoms with E-state index in [1.54, 1.807) is 24.3 Å². The second kappa shape index (κ2) is 5.70. The van der Waals surface area contributed by atoms with Crippen molar-refractivity contribution >= 4 is 21.4 Å². The molecule has 0 N–H and O–H groups in total. The van der Waals surface area contributed by atoms with Crippen molar-refractivity contribution in [1.82, 2.24) is 0 Å². The lowest BCUT2D eigenvalue weighted by Crippen LogP contribution is -1.99. The third-order valence-corrected chi connectivity index (χ3v) is 4.52. The lowest BCUT2D eigenvalue weighted by Gasteiger charge is -2.09. The molecule has 0 aromatic heterocycles. The van der Waals surface area contributed by atoms with Crippen LogP contribution in [0.3, 0.4) is 0 Å². The molecule has 0 bridgehead atoms. The van der Waals surface area contributed by atoms with E-state index in [2.05, 4.69) is 0 Å². The van der Waals surface area contributed by atoms with E-state index in [9.17, 15) is 8.42 Å². The first-order valence-corrected chi connectivity index (χ1v) is 8.71. The summed E-state index contributed by atoms with van der Waals surface area (Å²) < 4.78 is 39.2. The van der Waals surface area contributed by atoms with Crippen LogP contribution in [0.5, 0.6) is 17.2 Å². The average Bonchev–Trinajstić information content (AvgIpc) is 2.93. The molecule has 0 saturated carbocycles. The van der Waals surface area contributed by atoms with Crippen molar-refractivity contribution in [2.24, 2.45) is 0 Å². The molecule has 22 heavy (non-hydrogen) atoms. The third kappa shape index (κ3) is 3.13. The van der Waals surface area contributed by atoms with Gasteiger partial charge < -0.3 is 14.2 Å². The molecule has 0 aliphatic carbocycles. The minimum atomic E-state index is -3.26. The molecule has 0 atom stereocenters. The van der Waals surface area contributed by atoms with Crippen LogP contribution in [0.2, 0.25) is 5.02 Å². The first-order chi connectivity index (χ1) is 10.4. The predicted octanol–water partition coefficient (Wildman–Crippen LogP) is 3.05. The van der Waals surface area contributed by atoms with Crippen LogP contribution in [0.1, 0.15) is 5.56 Å². The highest BCUT2D eigenvalue weighted by atomic mass is 35.5. The van der Waals surface area contributed by atoms with Gasteiger partial charge in [0.25, 0.3) is 0 Å². The Labute approximate surface area is 133 Å². The quantitative estimate of drug-likeness (QED) is 0.856. The van der Waals surface area contributed by atoms with Gasteiger partial charge in [0, 0.05) is 6.26 Å². The van der Waals surface area contributed by atoms with Crippen LogP contribution in [0.25, 0.3) is 0 Å². The lowest BCUT2D eigenvalue weighted by atomic mass is 10.2. The highest BCUT2D eigenvalue weighted by molar-refractivity contribution is 7.90. The molecule has 0 unspecified atom stereocenters. The maximum Gasteiger partial charge on any atom is 0.231 e. The summed E-state index contributed by atoms with van der Waals surface area (Å²) in [5, 5.41) is 0.457. The molecule has 2 aromatic rings. The molecule has 0 amide bonds. The van der Waals surface area contributed by atoms with E-state index in [1.165, 1.54) is 12.1 Å². The van der Waals surface area contributed by atoms with Gasteiger partial charge in [0.2, 0.25) is 6.79 Å². The first-order valence-electron chi connectivity index (χ1n) is 6.44. The molecule has 3 rings (SSSR count). The second-order valence-electron chi connectivity index (χ2n) is 4.85. The van der Waals surface area contributed by atoms with Crippen LogP contribution in [0.15, 0.2) is 41.3 Å². The van der Waals surface area contributed by atoms with E-state index < -0.39 is 9.84 Å². The van der Waals surface area contributed by atoms with Gasteiger partial charge in [0.15, 0.2) is 21.3 Å². The fourth-order valence-corrected chi connectivity index (χ4v) is 3.01. The van der Waals surface area contributed by atoms with Gasteiger partial charge in [0.05, 0.1) is 9.92 Å². The van der Waals surface area contributed by atoms with Crippen molar-refractivity contribution in [3.63, 3.8) is 0 Å². The molecule has 7 heteroatoms. The molecule has 5 nitrogen and oxygen atoms in total. The molecule has 0 saturated heterocycles. The van der Waals surface area contributed by atoms with Crippen LogP contribution >= 0.6 is 11.6 Å². The van der Waals surface area contributed by atoms with E-state index in [0.717, 1.165) is 11.8 Å². The summed E-state index contributed by atoms with van der Waals surface area (Å²) in [5.74, 6) is 1.58. The van der Waals surface area contributed by atoms with E-state index in [0.29, 0.717) is 22.3 Å². The Bertz CT molecular complexity index is 817. The topological polar surface area (TPSA) is 61.8 Å². The zero-order chi connectivity index (χ0) is 15.7. The summed E-state index contributed by atoms with van der Waals surface area (Å²) in [4.78, 5) is 0.216. The van der Waals surface area contributed by atoms with Gasteiger partial charge in [-0.2, -0.15) is 0 Å². The third-order valence-electron chi connectivity index (χ3n) is 3.13. The number of ether oxygens (including phenoxy) is 3. The highest BCUT2D eigenvalue weighted by Gasteiger charge is 2.18. The van der Waals surface area contributed by atoms with Gasteiger partial charge in [-0.1, -0.05) is 17.7 Å². The van der Waals surface area contributed by atoms with E-state index in [4.69, 9.17) is 25.8 Å². The number of halogens is 1. The predicted molar refractivity (Wildman–Crippen MR) is 81.5 cm³/mol. The van der Waals surface area contributed by atoms with Crippen molar-refractivity contribution in [1.29, 1.82) is 0 Å². The second-order valence-corrected chi connectivity index (χ2v) is 7.27. The van der Waals surface area contributed by atoms with Crippen molar-refractivity contribution in [2.75, 3.05) is 13.0 Å². The van der Waals surface area contributed by atoms with Crippen LogP contribution in [-0.2, 0) is 16.4 Å². The molecule has 0 radical (unpaired) electrons. The molecule has 1 aliphatic rings. The smallest absolute Gasteiger partial charge is 0.231 e. The van der Waals surface area contributed by atoms with Gasteiger partial charge in [0.1, 0.15) is 12.4 Å². The average molecular weight is 341 g/mol. The Morgan fingerprint density at radius 1 is 1.23 bits per heavy atom. The normalized spacial score (nSPS) is 13.2. The molecular weight excluding hydrogens is 328 g/mol. The maximum absolute atomic E-state index is 11.5. The van der Waals surface area contributed by atoms with Gasteiger partial charge in [-0.05, 0) is 35.9 Å². The van der Waals surface area contributed by atoms with Crippen molar-refractivity contribution < 1.29 is 22.6 Å². The van der Waals surface area contributed by atoms with Gasteiger partial charge >= 0.3 is 0 Å². The number of fused-ring (bicyclic) bond motifs is 1. The fraction of sp³-hybridized carbons (Fsp3) is 0.200. The Kier molecular flexibility index (Phi) is 3.88. The van der Waals surface area contributed by atoms with E-state index in [1.807, 2.05) is 0 Å². The van der Waals surface area contributed by atoms with Crippen molar-refractivity contribution in [2.45, 2.75) is 11.5 Å². The first kappa shape index (κ1) is 15.0. The molecule has 0 spiro atoms. The number of hydrogen-bond donors (Lipinski definition) is 0. The summed E-state index contributed by atoms with van der Waals surface area (Å²) in [6.45, 7) is 0.388. The Morgan fingerprint density at radius 2 is 2.05 bits per heavy atom. The van der Waals surface area contributed by atoms with E-state index in [-0.39, 0.29) is 18.3 Å². The Balaban J connectivity index is 1.77. The number of hydrogen-bond acceptors (Lipinski definition) is 5. The SMILES string of the molecule is CS(=O)(=O)c1cccc(OCc2cc(Cl)c3c(c2)OCO3)c1. The van der Waals surface area contributed by atoms with Gasteiger partial charge in [-0.3, -0.25) is 0 Å². The highest BCUT2D eigenvalue weighted by Crippen LogP contribution is 2.40. The van der Waals surface area contributed by atoms with Crippen molar-refractivity contribution in [3.05, 3.63) is 47.0 Å². The van der Waals surface area contributed by atoms with Gasteiger partial charge in [-0.15, -0.1) is 0 Å². The maximum atomic E-state index is 11.5. The summed E-state index contributed by atoms with van der Waals surface area (Å²) in [6, 6.07) is 9.87. The zero-order valence-electron chi connectivity index (χ0n) is 11.7. The summed E-state index contributed by atoms with van der Waals surface area (Å²) in [7, 11) is -3.26. The molecule has 1 heterocycles. The molecule has 1 aliphatic heterocycles. The van der Waals surface area contributed by atoms with Crippen LogP contribution in [0.4, 0.5) is 0 Å². The molecule has 2 aromatic carbocycles. The Morgan fingerprint density at radius 3 is 2.82 bits per heavy atom.